The Morgan fingerprint density at radius 3 is 2.19 bits per heavy atom. The number of carbonyl (C=O) groups excluding carboxylic acids is 1. The quantitative estimate of drug-likeness (QED) is 0.401. The van der Waals surface area contributed by atoms with E-state index < -0.39 is 0 Å². The Balaban J connectivity index is 1.68. The van der Waals surface area contributed by atoms with Gasteiger partial charge in [-0.3, -0.25) is 4.79 Å². The maximum absolute atomic E-state index is 13.8. The SMILES string of the molecule is CC(C)[C@@H](C)/C=C/[C@@H](C)[C@H]1CC[C@@]2(C)C3=CC(=O)[C@@]4(C)C[C@@H](C)CC[C@]4(C)C3CC[C@]12C. The molecule has 0 N–H and O–H groups in total. The molecule has 1 heteroatoms. The molecule has 0 amide bonds. The number of rotatable bonds is 4. The Morgan fingerprint density at radius 1 is 0.875 bits per heavy atom. The molecule has 4 aliphatic carbocycles. The van der Waals surface area contributed by atoms with E-state index in [1.165, 1.54) is 38.5 Å². The summed E-state index contributed by atoms with van der Waals surface area (Å²) >= 11 is 0. The van der Waals surface area contributed by atoms with Gasteiger partial charge in [-0.15, -0.1) is 0 Å². The number of hydrogen-bond acceptors (Lipinski definition) is 1. The summed E-state index contributed by atoms with van der Waals surface area (Å²) in [6.07, 6.45) is 15.9. The first-order valence-electron chi connectivity index (χ1n) is 13.7. The van der Waals surface area contributed by atoms with E-state index in [4.69, 9.17) is 0 Å². The lowest BCUT2D eigenvalue weighted by Crippen LogP contribution is -2.59. The molecule has 0 aromatic rings. The fraction of sp³-hybridized carbons (Fsp3) is 0.839. The molecule has 4 rings (SSSR count). The Labute approximate surface area is 198 Å². The van der Waals surface area contributed by atoms with Crippen molar-refractivity contribution in [3.05, 3.63) is 23.8 Å². The second-order valence-electron chi connectivity index (χ2n) is 13.9. The third-order valence-corrected chi connectivity index (χ3v) is 12.2. The van der Waals surface area contributed by atoms with Crippen molar-refractivity contribution in [3.63, 3.8) is 0 Å². The minimum Gasteiger partial charge on any atom is -0.294 e. The first-order valence-corrected chi connectivity index (χ1v) is 13.7. The summed E-state index contributed by atoms with van der Waals surface area (Å²) in [6.45, 7) is 21.7. The summed E-state index contributed by atoms with van der Waals surface area (Å²) < 4.78 is 0. The van der Waals surface area contributed by atoms with Crippen LogP contribution in [0.4, 0.5) is 0 Å². The minimum atomic E-state index is -0.163. The largest absolute Gasteiger partial charge is 0.294 e. The third kappa shape index (κ3) is 3.19. The smallest absolute Gasteiger partial charge is 0.162 e. The summed E-state index contributed by atoms with van der Waals surface area (Å²) in [5.41, 5.74) is 2.01. The van der Waals surface area contributed by atoms with Crippen LogP contribution in [0.2, 0.25) is 0 Å². The van der Waals surface area contributed by atoms with E-state index >= 15 is 0 Å². The van der Waals surface area contributed by atoms with Gasteiger partial charge in [-0.05, 0) is 96.4 Å². The molecule has 3 fully saturated rings. The number of hydrogen-bond donors (Lipinski definition) is 0. The molecular formula is C31H50O. The van der Waals surface area contributed by atoms with Crippen LogP contribution in [0, 0.1) is 57.2 Å². The molecule has 3 saturated carbocycles. The Kier molecular flexibility index (Phi) is 5.95. The predicted octanol–water partition coefficient (Wildman–Crippen LogP) is 8.65. The number of allylic oxidation sites excluding steroid dienone is 4. The molecule has 32 heavy (non-hydrogen) atoms. The molecule has 0 aromatic heterocycles. The molecule has 180 valence electrons. The highest BCUT2D eigenvalue weighted by Gasteiger charge is 2.66. The number of fused-ring (bicyclic) bond motifs is 5. The van der Waals surface area contributed by atoms with Gasteiger partial charge in [0.05, 0.1) is 0 Å². The zero-order valence-corrected chi connectivity index (χ0v) is 22.6. The van der Waals surface area contributed by atoms with Gasteiger partial charge in [-0.2, -0.15) is 0 Å². The average molecular weight is 439 g/mol. The topological polar surface area (TPSA) is 17.1 Å². The molecule has 0 saturated heterocycles. The van der Waals surface area contributed by atoms with Gasteiger partial charge in [0.15, 0.2) is 5.78 Å². The highest BCUT2D eigenvalue weighted by molar-refractivity contribution is 5.97. The first kappa shape index (κ1) is 24.3. The van der Waals surface area contributed by atoms with E-state index in [9.17, 15) is 4.79 Å². The number of carbonyl (C=O) groups is 1. The molecule has 0 aromatic carbocycles. The van der Waals surface area contributed by atoms with Crippen molar-refractivity contribution < 1.29 is 4.79 Å². The lowest BCUT2D eigenvalue weighted by atomic mass is 9.39. The predicted molar refractivity (Wildman–Crippen MR) is 136 cm³/mol. The summed E-state index contributed by atoms with van der Waals surface area (Å²) in [5.74, 6) is 4.38. The molecule has 1 nitrogen and oxygen atoms in total. The molecule has 0 heterocycles. The third-order valence-electron chi connectivity index (χ3n) is 12.2. The molecule has 1 unspecified atom stereocenters. The van der Waals surface area contributed by atoms with Gasteiger partial charge in [-0.25, -0.2) is 0 Å². The van der Waals surface area contributed by atoms with Crippen molar-refractivity contribution >= 4 is 5.78 Å². The van der Waals surface area contributed by atoms with E-state index in [1.807, 2.05) is 0 Å². The van der Waals surface area contributed by atoms with Crippen LogP contribution in [0.15, 0.2) is 23.8 Å². The van der Waals surface area contributed by atoms with Gasteiger partial charge in [0.2, 0.25) is 0 Å². The minimum absolute atomic E-state index is 0.140. The Bertz CT molecular complexity index is 818. The van der Waals surface area contributed by atoms with Gasteiger partial charge >= 0.3 is 0 Å². The van der Waals surface area contributed by atoms with E-state index in [0.717, 1.165) is 6.42 Å². The Morgan fingerprint density at radius 2 is 1.53 bits per heavy atom. The van der Waals surface area contributed by atoms with Crippen molar-refractivity contribution in [2.75, 3.05) is 0 Å². The standard InChI is InChI=1S/C31H50O/c1-20(2)22(4)10-11-23(5)24-13-16-30(8)26-18-27(32)31(9)19-21(3)12-15-29(31,7)25(26)14-17-28(24,30)6/h10-11,18,20-25H,12-17,19H2,1-9H3/b11-10+/t21-,22-,23+,24+,25?,28+,29+,30-,31+/m0/s1. The van der Waals surface area contributed by atoms with Crippen LogP contribution in [-0.2, 0) is 4.79 Å². The molecule has 0 radical (unpaired) electrons. The van der Waals surface area contributed by atoms with Crippen molar-refractivity contribution in [1.29, 1.82) is 0 Å². The van der Waals surface area contributed by atoms with Crippen LogP contribution >= 0.6 is 0 Å². The van der Waals surface area contributed by atoms with Crippen molar-refractivity contribution in [3.8, 4) is 0 Å². The van der Waals surface area contributed by atoms with Gasteiger partial charge in [0.25, 0.3) is 0 Å². The zero-order chi connectivity index (χ0) is 23.7. The summed E-state index contributed by atoms with van der Waals surface area (Å²) in [5, 5.41) is 0. The van der Waals surface area contributed by atoms with Crippen molar-refractivity contribution in [1.82, 2.24) is 0 Å². The van der Waals surface area contributed by atoms with Gasteiger partial charge in [0.1, 0.15) is 0 Å². The van der Waals surface area contributed by atoms with Crippen LogP contribution in [0.3, 0.4) is 0 Å². The van der Waals surface area contributed by atoms with Crippen LogP contribution in [-0.4, -0.2) is 5.78 Å². The molecule has 0 bridgehead atoms. The number of ketones is 1. The van der Waals surface area contributed by atoms with E-state index in [1.54, 1.807) is 5.57 Å². The van der Waals surface area contributed by atoms with Crippen LogP contribution in [0.1, 0.15) is 107 Å². The summed E-state index contributed by atoms with van der Waals surface area (Å²) in [6, 6.07) is 0. The van der Waals surface area contributed by atoms with Gasteiger partial charge < -0.3 is 0 Å². The second kappa shape index (κ2) is 7.84. The highest BCUT2D eigenvalue weighted by atomic mass is 16.1. The van der Waals surface area contributed by atoms with E-state index in [-0.39, 0.29) is 16.2 Å². The van der Waals surface area contributed by atoms with E-state index in [2.05, 4.69) is 80.5 Å². The fourth-order valence-electron chi connectivity index (χ4n) is 8.94. The van der Waals surface area contributed by atoms with Crippen molar-refractivity contribution in [2.24, 2.45) is 57.2 Å². The molecule has 9 atom stereocenters. The van der Waals surface area contributed by atoms with E-state index in [0.29, 0.717) is 46.7 Å². The maximum Gasteiger partial charge on any atom is 0.162 e. The molecule has 0 aliphatic heterocycles. The summed E-state index contributed by atoms with van der Waals surface area (Å²) in [4.78, 5) is 13.8. The Hall–Kier alpha value is -0.850. The second-order valence-corrected chi connectivity index (χ2v) is 13.9. The fourth-order valence-corrected chi connectivity index (χ4v) is 8.94. The van der Waals surface area contributed by atoms with Crippen molar-refractivity contribution in [2.45, 2.75) is 107 Å². The first-order chi connectivity index (χ1) is 14.8. The molecule has 0 spiro atoms. The normalized spacial score (nSPS) is 48.2. The maximum atomic E-state index is 13.8. The average Bonchev–Trinajstić information content (AvgIpc) is 3.00. The van der Waals surface area contributed by atoms with Crippen LogP contribution in [0.5, 0.6) is 0 Å². The molecule has 4 aliphatic rings. The summed E-state index contributed by atoms with van der Waals surface area (Å²) in [7, 11) is 0. The monoisotopic (exact) mass is 438 g/mol. The van der Waals surface area contributed by atoms with Crippen LogP contribution in [0.25, 0.3) is 0 Å². The van der Waals surface area contributed by atoms with Gasteiger partial charge in [0, 0.05) is 5.41 Å². The lowest BCUT2D eigenvalue weighted by Gasteiger charge is -2.64. The van der Waals surface area contributed by atoms with Crippen LogP contribution < -0.4 is 0 Å². The zero-order valence-electron chi connectivity index (χ0n) is 22.6. The lowest BCUT2D eigenvalue weighted by molar-refractivity contribution is -0.147. The van der Waals surface area contributed by atoms with Gasteiger partial charge in [-0.1, -0.05) is 86.5 Å². The highest BCUT2D eigenvalue weighted by Crippen LogP contribution is 2.73. The molecular weight excluding hydrogens is 388 g/mol.